The number of Topliss-reactive ketones (excluding diaryl/α,β-unsaturated/α-hetero) is 1. The third kappa shape index (κ3) is 2.92. The maximum atomic E-state index is 11.7. The van der Waals surface area contributed by atoms with Gasteiger partial charge in [-0.05, 0) is 52.2 Å². The minimum atomic E-state index is -0.248. The number of ketones is 1. The Labute approximate surface area is 109 Å². The van der Waals surface area contributed by atoms with Crippen molar-refractivity contribution in [2.45, 2.75) is 58.5 Å². The zero-order chi connectivity index (χ0) is 13.2. The molecule has 1 atom stereocenters. The largest absolute Gasteiger partial charge is 0.487 e. The molecule has 2 rings (SSSR count). The summed E-state index contributed by atoms with van der Waals surface area (Å²) < 4.78 is 6.07. The van der Waals surface area contributed by atoms with Gasteiger partial charge in [0.15, 0.2) is 5.78 Å². The SMILES string of the molecule is CC(C)=CCC[C@]1(C)C=CC2=C(CCCC2=O)O1. The fourth-order valence-corrected chi connectivity index (χ4v) is 2.48. The molecule has 0 amide bonds. The van der Waals surface area contributed by atoms with Crippen molar-refractivity contribution in [2.75, 3.05) is 0 Å². The summed E-state index contributed by atoms with van der Waals surface area (Å²) in [5.74, 6) is 1.15. The Kier molecular flexibility index (Phi) is 3.74. The molecule has 98 valence electrons. The van der Waals surface area contributed by atoms with Gasteiger partial charge < -0.3 is 4.74 Å². The standard InChI is InChI=1S/C16H22O2/c1-12(2)6-5-10-16(3)11-9-13-14(17)7-4-8-15(13)18-16/h6,9,11H,4-5,7-8,10H2,1-3H3/t16-/m1/s1. The second-order valence-corrected chi connectivity index (χ2v) is 5.68. The molecule has 0 saturated heterocycles. The summed E-state index contributed by atoms with van der Waals surface area (Å²) in [4.78, 5) is 11.7. The predicted octanol–water partition coefficient (Wildman–Crippen LogP) is 4.09. The van der Waals surface area contributed by atoms with Crippen molar-refractivity contribution in [1.82, 2.24) is 0 Å². The van der Waals surface area contributed by atoms with Crippen LogP contribution in [0, 0.1) is 0 Å². The minimum Gasteiger partial charge on any atom is -0.487 e. The second kappa shape index (κ2) is 5.13. The Morgan fingerprint density at radius 3 is 2.94 bits per heavy atom. The maximum absolute atomic E-state index is 11.7. The van der Waals surface area contributed by atoms with Crippen molar-refractivity contribution in [1.29, 1.82) is 0 Å². The van der Waals surface area contributed by atoms with E-state index in [0.717, 1.165) is 37.0 Å². The van der Waals surface area contributed by atoms with Crippen LogP contribution in [0.15, 0.2) is 35.1 Å². The number of ether oxygens (including phenoxy) is 1. The molecule has 2 heteroatoms. The summed E-state index contributed by atoms with van der Waals surface area (Å²) in [6, 6.07) is 0. The van der Waals surface area contributed by atoms with E-state index in [1.807, 2.05) is 12.2 Å². The zero-order valence-electron chi connectivity index (χ0n) is 11.6. The van der Waals surface area contributed by atoms with Crippen molar-refractivity contribution in [3.63, 3.8) is 0 Å². The molecule has 1 aliphatic heterocycles. The highest BCUT2D eigenvalue weighted by Gasteiger charge is 2.31. The van der Waals surface area contributed by atoms with Crippen LogP contribution in [0.4, 0.5) is 0 Å². The first kappa shape index (κ1) is 13.1. The first-order valence-corrected chi connectivity index (χ1v) is 6.78. The van der Waals surface area contributed by atoms with Crippen LogP contribution in [0.1, 0.15) is 52.9 Å². The highest BCUT2D eigenvalue weighted by molar-refractivity contribution is 5.99. The van der Waals surface area contributed by atoms with Crippen LogP contribution < -0.4 is 0 Å². The smallest absolute Gasteiger partial charge is 0.166 e. The number of rotatable bonds is 3. The highest BCUT2D eigenvalue weighted by Crippen LogP contribution is 2.35. The fourth-order valence-electron chi connectivity index (χ4n) is 2.48. The van der Waals surface area contributed by atoms with Crippen LogP contribution in [0.5, 0.6) is 0 Å². The average molecular weight is 246 g/mol. The molecule has 1 aliphatic carbocycles. The molecular formula is C16H22O2. The van der Waals surface area contributed by atoms with Gasteiger partial charge in [0.2, 0.25) is 0 Å². The third-order valence-electron chi connectivity index (χ3n) is 3.56. The van der Waals surface area contributed by atoms with Crippen molar-refractivity contribution in [2.24, 2.45) is 0 Å². The van der Waals surface area contributed by atoms with Gasteiger partial charge in [-0.25, -0.2) is 0 Å². The van der Waals surface area contributed by atoms with Crippen LogP contribution in [-0.4, -0.2) is 11.4 Å². The van der Waals surface area contributed by atoms with Crippen molar-refractivity contribution >= 4 is 5.78 Å². The molecule has 0 radical (unpaired) electrons. The van der Waals surface area contributed by atoms with Gasteiger partial charge in [0.25, 0.3) is 0 Å². The van der Waals surface area contributed by atoms with Gasteiger partial charge in [-0.15, -0.1) is 0 Å². The van der Waals surface area contributed by atoms with E-state index in [4.69, 9.17) is 4.74 Å². The molecule has 0 spiro atoms. The molecular weight excluding hydrogens is 224 g/mol. The van der Waals surface area contributed by atoms with E-state index < -0.39 is 0 Å². The lowest BCUT2D eigenvalue weighted by molar-refractivity contribution is -0.116. The zero-order valence-corrected chi connectivity index (χ0v) is 11.6. The normalized spacial score (nSPS) is 26.7. The summed E-state index contributed by atoms with van der Waals surface area (Å²) in [7, 11) is 0. The van der Waals surface area contributed by atoms with Crippen LogP contribution >= 0.6 is 0 Å². The number of carbonyl (C=O) groups excluding carboxylic acids is 1. The van der Waals surface area contributed by atoms with Gasteiger partial charge in [0.05, 0.1) is 5.57 Å². The molecule has 0 aromatic heterocycles. The fraction of sp³-hybridized carbons (Fsp3) is 0.562. The van der Waals surface area contributed by atoms with Crippen LogP contribution in [-0.2, 0) is 9.53 Å². The maximum Gasteiger partial charge on any atom is 0.166 e. The first-order chi connectivity index (χ1) is 8.50. The van der Waals surface area contributed by atoms with E-state index in [-0.39, 0.29) is 11.4 Å². The Balaban J connectivity index is 2.05. The minimum absolute atomic E-state index is 0.235. The molecule has 0 aromatic rings. The lowest BCUT2D eigenvalue weighted by Gasteiger charge is -2.34. The van der Waals surface area contributed by atoms with Gasteiger partial charge in [-0.1, -0.05) is 11.6 Å². The molecule has 2 aliphatic rings. The third-order valence-corrected chi connectivity index (χ3v) is 3.56. The Morgan fingerprint density at radius 1 is 1.44 bits per heavy atom. The molecule has 0 unspecified atom stereocenters. The Hall–Kier alpha value is -1.31. The van der Waals surface area contributed by atoms with E-state index >= 15 is 0 Å². The lowest BCUT2D eigenvalue weighted by atomic mass is 9.89. The van der Waals surface area contributed by atoms with Crippen molar-refractivity contribution in [3.05, 3.63) is 35.1 Å². The average Bonchev–Trinajstić information content (AvgIpc) is 2.28. The Morgan fingerprint density at radius 2 is 2.22 bits per heavy atom. The van der Waals surface area contributed by atoms with Crippen LogP contribution in [0.25, 0.3) is 0 Å². The van der Waals surface area contributed by atoms with Gasteiger partial charge in [-0.2, -0.15) is 0 Å². The molecule has 18 heavy (non-hydrogen) atoms. The molecule has 0 N–H and O–H groups in total. The summed E-state index contributed by atoms with van der Waals surface area (Å²) in [6.07, 6.45) is 10.7. The molecule has 0 saturated carbocycles. The molecule has 2 nitrogen and oxygen atoms in total. The summed E-state index contributed by atoms with van der Waals surface area (Å²) in [5.41, 5.74) is 1.90. The highest BCUT2D eigenvalue weighted by atomic mass is 16.5. The van der Waals surface area contributed by atoms with E-state index in [1.54, 1.807) is 0 Å². The predicted molar refractivity (Wildman–Crippen MR) is 73.2 cm³/mol. The first-order valence-electron chi connectivity index (χ1n) is 6.78. The van der Waals surface area contributed by atoms with Gasteiger partial charge >= 0.3 is 0 Å². The Bertz CT molecular complexity index is 436. The van der Waals surface area contributed by atoms with Gasteiger partial charge in [-0.3, -0.25) is 4.79 Å². The summed E-state index contributed by atoms with van der Waals surface area (Å²) in [5, 5.41) is 0. The van der Waals surface area contributed by atoms with Crippen LogP contribution in [0.3, 0.4) is 0 Å². The van der Waals surface area contributed by atoms with E-state index in [1.165, 1.54) is 5.57 Å². The molecule has 0 fully saturated rings. The lowest BCUT2D eigenvalue weighted by Crippen LogP contribution is -2.31. The number of allylic oxidation sites excluding steroid dienone is 5. The van der Waals surface area contributed by atoms with E-state index in [0.29, 0.717) is 6.42 Å². The number of carbonyl (C=O) groups is 1. The summed E-state index contributed by atoms with van der Waals surface area (Å²) in [6.45, 7) is 6.33. The van der Waals surface area contributed by atoms with Gasteiger partial charge in [0, 0.05) is 12.8 Å². The number of hydrogen-bond donors (Lipinski definition) is 0. The quantitative estimate of drug-likeness (QED) is 0.701. The topological polar surface area (TPSA) is 26.3 Å². The molecule has 0 aromatic carbocycles. The van der Waals surface area contributed by atoms with Gasteiger partial charge in [0.1, 0.15) is 11.4 Å². The number of hydrogen-bond acceptors (Lipinski definition) is 2. The van der Waals surface area contributed by atoms with E-state index in [9.17, 15) is 4.79 Å². The van der Waals surface area contributed by atoms with Crippen molar-refractivity contribution in [3.8, 4) is 0 Å². The second-order valence-electron chi connectivity index (χ2n) is 5.68. The van der Waals surface area contributed by atoms with E-state index in [2.05, 4.69) is 26.8 Å². The monoisotopic (exact) mass is 246 g/mol. The van der Waals surface area contributed by atoms with Crippen LogP contribution in [0.2, 0.25) is 0 Å². The summed E-state index contributed by atoms with van der Waals surface area (Å²) >= 11 is 0. The van der Waals surface area contributed by atoms with Crippen molar-refractivity contribution < 1.29 is 9.53 Å². The molecule has 0 bridgehead atoms. The molecule has 1 heterocycles.